The van der Waals surface area contributed by atoms with E-state index < -0.39 is 11.2 Å². The Morgan fingerprint density at radius 3 is 1.32 bits per heavy atom. The number of aliphatic hydroxyl groups is 2. The number of aromatic nitrogens is 8. The summed E-state index contributed by atoms with van der Waals surface area (Å²) in [6.45, 7) is 10.4. The van der Waals surface area contributed by atoms with E-state index in [4.69, 9.17) is 9.47 Å². The summed E-state index contributed by atoms with van der Waals surface area (Å²) in [5.74, 6) is 3.72. The second-order valence-corrected chi connectivity index (χ2v) is 18.4. The minimum absolute atomic E-state index is 0.139. The van der Waals surface area contributed by atoms with Crippen LogP contribution in [0, 0.1) is 11.8 Å². The van der Waals surface area contributed by atoms with Crippen LogP contribution in [-0.4, -0.2) is 99.0 Å². The Morgan fingerprint density at radius 2 is 0.941 bits per heavy atom. The number of nitrogens with one attached hydrogen (secondary N) is 2. The average molecular weight is 915 g/mol. The largest absolute Gasteiger partial charge is 0.436 e. The summed E-state index contributed by atoms with van der Waals surface area (Å²) in [7, 11) is 0. The zero-order valence-electron chi connectivity index (χ0n) is 38.5. The number of imidazole rings is 2. The first kappa shape index (κ1) is 45.6. The summed E-state index contributed by atoms with van der Waals surface area (Å²) in [5, 5.41) is 21.0. The molecule has 348 valence electrons. The molecule has 2 fully saturated rings. The molecular weight excluding hydrogens is 861 g/mol. The van der Waals surface area contributed by atoms with Crippen molar-refractivity contribution < 1.29 is 29.3 Å². The number of anilines is 2. The van der Waals surface area contributed by atoms with Crippen molar-refractivity contribution in [3.63, 3.8) is 0 Å². The van der Waals surface area contributed by atoms with Crippen molar-refractivity contribution in [2.24, 2.45) is 11.8 Å². The third-order valence-corrected chi connectivity index (χ3v) is 12.6. The van der Waals surface area contributed by atoms with Crippen LogP contribution in [-0.2, 0) is 0 Å². The summed E-state index contributed by atoms with van der Waals surface area (Å²) in [6, 6.07) is 28.9. The van der Waals surface area contributed by atoms with Gasteiger partial charge in [-0.25, -0.2) is 29.9 Å². The SMILES string of the molecule is CC(C)(O)[C@H]1CCCN(c2nccnc2Oc2ccc(C(=O)c3nc4ccccc4[nH]3)cc2)C1.CC(C)(O)[C@H]1CCCN(c2nccnc2Oc2ccc(C(=O)c3nc4ccccc4[nH]3)cc2)C1. The topological polar surface area (TPSA) is 208 Å². The van der Waals surface area contributed by atoms with Gasteiger partial charge in [-0.05, 0) is 126 Å². The van der Waals surface area contributed by atoms with Crippen molar-refractivity contribution in [3.8, 4) is 23.3 Å². The number of carbonyl (C=O) groups is 2. The highest BCUT2D eigenvalue weighted by Crippen LogP contribution is 2.36. The van der Waals surface area contributed by atoms with Crippen molar-refractivity contribution >= 4 is 45.3 Å². The molecule has 10 rings (SSSR count). The van der Waals surface area contributed by atoms with E-state index >= 15 is 0 Å². The maximum Gasteiger partial charge on any atom is 0.263 e. The number of hydrogen-bond donors (Lipinski definition) is 4. The van der Waals surface area contributed by atoms with Crippen LogP contribution in [0.5, 0.6) is 23.3 Å². The van der Waals surface area contributed by atoms with E-state index in [1.165, 1.54) is 0 Å². The Bertz CT molecular complexity index is 2760. The fraction of sp³-hybridized carbons (Fsp3) is 0.308. The van der Waals surface area contributed by atoms with Gasteiger partial charge in [-0.2, -0.15) is 0 Å². The van der Waals surface area contributed by atoms with Crippen LogP contribution in [0.15, 0.2) is 122 Å². The molecule has 0 bridgehead atoms. The molecule has 16 heteroatoms. The first-order valence-corrected chi connectivity index (χ1v) is 22.9. The lowest BCUT2D eigenvalue weighted by atomic mass is 9.84. The van der Waals surface area contributed by atoms with E-state index in [0.717, 1.165) is 60.8 Å². The van der Waals surface area contributed by atoms with Crippen molar-refractivity contribution in [2.75, 3.05) is 36.0 Å². The molecule has 0 amide bonds. The van der Waals surface area contributed by atoms with Crippen molar-refractivity contribution in [2.45, 2.75) is 64.6 Å². The maximum absolute atomic E-state index is 12.9. The van der Waals surface area contributed by atoms with E-state index in [9.17, 15) is 19.8 Å². The first-order chi connectivity index (χ1) is 32.8. The van der Waals surface area contributed by atoms with Crippen LogP contribution in [0.2, 0.25) is 0 Å². The molecule has 8 aromatic rings. The lowest BCUT2D eigenvalue weighted by molar-refractivity contribution is 0.0105. The van der Waals surface area contributed by atoms with Gasteiger partial charge in [0, 0.05) is 73.9 Å². The highest BCUT2D eigenvalue weighted by Gasteiger charge is 2.34. The number of ketones is 2. The lowest BCUT2D eigenvalue weighted by Crippen LogP contribution is -2.45. The Hall–Kier alpha value is -7.56. The van der Waals surface area contributed by atoms with Crippen LogP contribution in [0.4, 0.5) is 11.6 Å². The number of benzene rings is 4. The van der Waals surface area contributed by atoms with Gasteiger partial charge in [-0.1, -0.05) is 24.3 Å². The summed E-state index contributed by atoms with van der Waals surface area (Å²) >= 11 is 0. The number of H-pyrrole nitrogens is 2. The minimum atomic E-state index is -0.760. The van der Waals surface area contributed by atoms with Gasteiger partial charge in [-0.3, -0.25) is 9.59 Å². The molecule has 16 nitrogen and oxygen atoms in total. The van der Waals surface area contributed by atoms with Gasteiger partial charge < -0.3 is 39.5 Å². The van der Waals surface area contributed by atoms with Crippen LogP contribution >= 0.6 is 0 Å². The third-order valence-electron chi connectivity index (χ3n) is 12.6. The van der Waals surface area contributed by atoms with Crippen LogP contribution in [0.25, 0.3) is 22.1 Å². The quantitative estimate of drug-likeness (QED) is 0.0846. The normalized spacial score (nSPS) is 16.6. The van der Waals surface area contributed by atoms with Gasteiger partial charge in [0.25, 0.3) is 11.8 Å². The van der Waals surface area contributed by atoms with Crippen molar-refractivity contribution in [3.05, 3.63) is 145 Å². The number of fused-ring (bicyclic) bond motifs is 2. The summed E-state index contributed by atoms with van der Waals surface area (Å²) in [5.41, 5.74) is 2.66. The first-order valence-electron chi connectivity index (χ1n) is 22.9. The van der Waals surface area contributed by atoms with E-state index in [2.05, 4.69) is 49.7 Å². The van der Waals surface area contributed by atoms with Gasteiger partial charge >= 0.3 is 0 Å². The maximum atomic E-state index is 12.9. The number of aromatic amines is 2. The van der Waals surface area contributed by atoms with E-state index in [1.54, 1.807) is 73.3 Å². The molecule has 4 N–H and O–H groups in total. The van der Waals surface area contributed by atoms with Crippen LogP contribution in [0.3, 0.4) is 0 Å². The smallest absolute Gasteiger partial charge is 0.263 e. The number of carbonyl (C=O) groups excluding carboxylic acids is 2. The third kappa shape index (κ3) is 10.4. The van der Waals surface area contributed by atoms with E-state index in [0.29, 0.717) is 70.8 Å². The zero-order chi connectivity index (χ0) is 47.4. The lowest BCUT2D eigenvalue weighted by Gasteiger charge is -2.39. The van der Waals surface area contributed by atoms with E-state index in [1.807, 2.05) is 76.2 Å². The van der Waals surface area contributed by atoms with Gasteiger partial charge in [0.1, 0.15) is 11.5 Å². The zero-order valence-corrected chi connectivity index (χ0v) is 38.5. The van der Waals surface area contributed by atoms with Gasteiger partial charge in [0.2, 0.25) is 11.6 Å². The number of ether oxygens (including phenoxy) is 2. The van der Waals surface area contributed by atoms with Gasteiger partial charge in [0.15, 0.2) is 23.3 Å². The average Bonchev–Trinajstić information content (AvgIpc) is 4.00. The molecule has 2 aliphatic rings. The Balaban J connectivity index is 0.000000170. The highest BCUT2D eigenvalue weighted by molar-refractivity contribution is 6.08. The fourth-order valence-electron chi connectivity index (χ4n) is 8.67. The second-order valence-electron chi connectivity index (χ2n) is 18.4. The molecule has 0 spiro atoms. The predicted molar refractivity (Wildman–Crippen MR) is 259 cm³/mol. The standard InChI is InChI=1S/2C26H27N5O3/c2*1-26(2,33)18-6-5-15-31(16-18)24-25(28-14-13-27-24)34-19-11-9-17(10-12-19)22(32)23-29-20-7-3-4-8-21(20)30-23/h2*3-4,7-14,18,33H,5-6,15-16H2,1-2H3,(H,29,30)/t2*18-/m00/s1. The second kappa shape index (κ2) is 19.3. The van der Waals surface area contributed by atoms with Crippen molar-refractivity contribution in [1.82, 2.24) is 39.9 Å². The van der Waals surface area contributed by atoms with Crippen LogP contribution in [0.1, 0.15) is 85.7 Å². The highest BCUT2D eigenvalue weighted by atomic mass is 16.5. The summed E-state index contributed by atoms with van der Waals surface area (Å²) in [4.78, 5) is 62.7. The molecular formula is C52H54N10O6. The monoisotopic (exact) mass is 914 g/mol. The molecule has 0 unspecified atom stereocenters. The number of rotatable bonds is 12. The molecule has 2 atom stereocenters. The van der Waals surface area contributed by atoms with Gasteiger partial charge in [-0.15, -0.1) is 0 Å². The number of nitrogens with zero attached hydrogens (tertiary/aromatic N) is 8. The molecule has 0 radical (unpaired) electrons. The fourth-order valence-corrected chi connectivity index (χ4v) is 8.67. The Kier molecular flexibility index (Phi) is 13.0. The molecule has 4 aromatic heterocycles. The predicted octanol–water partition coefficient (Wildman–Crippen LogP) is 8.73. The minimum Gasteiger partial charge on any atom is -0.436 e. The van der Waals surface area contributed by atoms with Crippen LogP contribution < -0.4 is 19.3 Å². The molecule has 2 aliphatic heterocycles. The van der Waals surface area contributed by atoms with E-state index in [-0.39, 0.29) is 23.4 Å². The Labute approximate surface area is 393 Å². The molecule has 2 saturated heterocycles. The summed E-state index contributed by atoms with van der Waals surface area (Å²) in [6.07, 6.45) is 10.3. The number of piperidine rings is 2. The number of para-hydroxylation sites is 4. The van der Waals surface area contributed by atoms with Gasteiger partial charge in [0.05, 0.1) is 33.3 Å². The molecule has 68 heavy (non-hydrogen) atoms. The molecule has 6 heterocycles. The molecule has 0 aliphatic carbocycles. The molecule has 0 saturated carbocycles. The Morgan fingerprint density at radius 1 is 0.559 bits per heavy atom. The molecule has 4 aromatic carbocycles. The van der Waals surface area contributed by atoms with Crippen molar-refractivity contribution in [1.29, 1.82) is 0 Å². The summed E-state index contributed by atoms with van der Waals surface area (Å²) < 4.78 is 12.1. The number of hydrogen-bond acceptors (Lipinski definition) is 14.